The molecule has 0 bridgehead atoms. The maximum Gasteiger partial charge on any atom is 0.175 e. The number of hydrogen-bond acceptors (Lipinski definition) is 3. The summed E-state index contributed by atoms with van der Waals surface area (Å²) < 4.78 is 18.2. The Kier molecular flexibility index (Phi) is 6.28. The van der Waals surface area contributed by atoms with Crippen LogP contribution in [0.5, 0.6) is 0 Å². The van der Waals surface area contributed by atoms with Crippen molar-refractivity contribution in [3.8, 4) is 49.1 Å². The molecule has 3 heterocycles. The molecule has 0 spiro atoms. The zero-order valence-corrected chi connectivity index (χ0v) is 26.5. The number of aromatic nitrogens is 2. The third-order valence-electron chi connectivity index (χ3n) is 8.86. The first-order chi connectivity index (χ1) is 22.7. The van der Waals surface area contributed by atoms with Crippen molar-refractivity contribution in [2.24, 2.45) is 0 Å². The number of benzene rings is 6. The Hall–Kier alpha value is -5.28. The van der Waals surface area contributed by atoms with E-state index in [2.05, 4.69) is 95.6 Å². The largest absolute Gasteiger partial charge is 0.308 e. The van der Waals surface area contributed by atoms with Gasteiger partial charge in [0.25, 0.3) is 0 Å². The Bertz CT molecular complexity index is 2430. The molecule has 46 heavy (non-hydrogen) atoms. The van der Waals surface area contributed by atoms with Crippen molar-refractivity contribution in [2.45, 2.75) is 0 Å². The Morgan fingerprint density at radius 3 is 1.80 bits per heavy atom. The van der Waals surface area contributed by atoms with Crippen LogP contribution >= 0.6 is 18.5 Å². The van der Waals surface area contributed by atoms with Crippen LogP contribution in [0, 0.1) is 0 Å². The van der Waals surface area contributed by atoms with E-state index in [0.717, 1.165) is 55.1 Å². The molecular formula is C41H27N2OPS. The second kappa shape index (κ2) is 10.7. The number of fused-ring (bicyclic) bond motifs is 2. The maximum absolute atomic E-state index is 16.0. The van der Waals surface area contributed by atoms with Crippen LogP contribution in [0.2, 0.25) is 0 Å². The predicted molar refractivity (Wildman–Crippen MR) is 194 cm³/mol. The van der Waals surface area contributed by atoms with E-state index in [0.29, 0.717) is 0 Å². The number of nitrogens with zero attached hydrogens (tertiary/aromatic N) is 2. The van der Waals surface area contributed by atoms with Crippen LogP contribution in [-0.2, 0) is 4.57 Å². The summed E-state index contributed by atoms with van der Waals surface area (Å²) in [7, 11) is -3.30. The van der Waals surface area contributed by atoms with Crippen LogP contribution in [0.4, 0.5) is 0 Å². The summed E-state index contributed by atoms with van der Waals surface area (Å²) in [5, 5.41) is 2.51. The van der Waals surface area contributed by atoms with Gasteiger partial charge in [-0.15, -0.1) is 11.3 Å². The number of imidazole rings is 1. The highest BCUT2D eigenvalue weighted by Gasteiger charge is 2.41. The van der Waals surface area contributed by atoms with E-state index in [1.807, 2.05) is 72.8 Å². The van der Waals surface area contributed by atoms with Crippen LogP contribution in [0.15, 0.2) is 164 Å². The summed E-state index contributed by atoms with van der Waals surface area (Å²) in [6.07, 6.45) is 0. The topological polar surface area (TPSA) is 34.9 Å². The van der Waals surface area contributed by atoms with Gasteiger partial charge >= 0.3 is 0 Å². The molecule has 2 aromatic heterocycles. The van der Waals surface area contributed by atoms with Crippen molar-refractivity contribution < 1.29 is 4.57 Å². The highest BCUT2D eigenvalue weighted by atomic mass is 32.1. The lowest BCUT2D eigenvalue weighted by Gasteiger charge is -2.31. The molecule has 0 amide bonds. The van der Waals surface area contributed by atoms with Crippen molar-refractivity contribution in [3.63, 3.8) is 0 Å². The van der Waals surface area contributed by atoms with Gasteiger partial charge in [-0.25, -0.2) is 4.98 Å². The minimum atomic E-state index is -3.30. The van der Waals surface area contributed by atoms with Crippen molar-refractivity contribution >= 4 is 45.4 Å². The minimum absolute atomic E-state index is 0.827. The summed E-state index contributed by atoms with van der Waals surface area (Å²) in [4.78, 5) is 7.60. The molecule has 0 fully saturated rings. The lowest BCUT2D eigenvalue weighted by molar-refractivity contribution is 0.592. The first kappa shape index (κ1) is 27.1. The molecular weight excluding hydrogens is 600 g/mol. The van der Waals surface area contributed by atoms with E-state index in [-0.39, 0.29) is 0 Å². The summed E-state index contributed by atoms with van der Waals surface area (Å²) in [5.74, 6) is 0.850. The molecule has 6 aromatic carbocycles. The molecule has 1 aliphatic rings. The molecule has 1 atom stereocenters. The lowest BCUT2D eigenvalue weighted by atomic mass is 10.0. The molecule has 0 aliphatic carbocycles. The van der Waals surface area contributed by atoms with Crippen LogP contribution in [-0.4, -0.2) is 9.55 Å². The van der Waals surface area contributed by atoms with Gasteiger partial charge in [0, 0.05) is 25.9 Å². The molecule has 218 valence electrons. The van der Waals surface area contributed by atoms with Gasteiger partial charge in [0.15, 0.2) is 7.14 Å². The van der Waals surface area contributed by atoms with Crippen LogP contribution in [0.3, 0.4) is 0 Å². The zero-order valence-electron chi connectivity index (χ0n) is 24.7. The first-order valence-corrected chi connectivity index (χ1v) is 17.9. The monoisotopic (exact) mass is 626 g/mol. The predicted octanol–water partition coefficient (Wildman–Crippen LogP) is 9.71. The van der Waals surface area contributed by atoms with Gasteiger partial charge in [0.1, 0.15) is 5.82 Å². The summed E-state index contributed by atoms with van der Waals surface area (Å²) in [6.45, 7) is 0. The van der Waals surface area contributed by atoms with Gasteiger partial charge in [0.05, 0.1) is 22.0 Å². The van der Waals surface area contributed by atoms with E-state index in [4.69, 9.17) is 4.98 Å². The summed E-state index contributed by atoms with van der Waals surface area (Å²) >= 11 is 1.80. The number of thiophene rings is 1. The van der Waals surface area contributed by atoms with Crippen molar-refractivity contribution in [2.75, 3.05) is 0 Å². The van der Waals surface area contributed by atoms with E-state index in [1.165, 1.54) is 20.9 Å². The van der Waals surface area contributed by atoms with Gasteiger partial charge in [-0.3, -0.25) is 4.57 Å². The second-order valence-electron chi connectivity index (χ2n) is 11.5. The third kappa shape index (κ3) is 4.11. The summed E-state index contributed by atoms with van der Waals surface area (Å²) in [6, 6.07) is 56.2. The van der Waals surface area contributed by atoms with Crippen molar-refractivity contribution in [1.29, 1.82) is 0 Å². The van der Waals surface area contributed by atoms with Crippen LogP contribution in [0.1, 0.15) is 0 Å². The normalized spacial score (nSPS) is 15.1. The molecule has 5 heteroatoms. The molecule has 8 aromatic rings. The quantitative estimate of drug-likeness (QED) is 0.178. The first-order valence-electron chi connectivity index (χ1n) is 15.3. The number of para-hydroxylation sites is 1. The minimum Gasteiger partial charge on any atom is -0.308 e. The standard InChI is InChI=1S/C41H27N2OPS/c44-45(32-16-8-3-9-17-32)36-21-11-19-34-39(36)43(41(42-34)31-14-6-2-7-15-31)35-20-10-18-33(40(35)45)28-22-24-30(25-23-28)38-27-26-37(46-38)29-12-4-1-5-13-29/h1-27H. The Labute approximate surface area is 271 Å². The molecule has 9 rings (SSSR count). The van der Waals surface area contributed by atoms with Gasteiger partial charge in [-0.1, -0.05) is 133 Å². The summed E-state index contributed by atoms with van der Waals surface area (Å²) in [5.41, 5.74) is 8.11. The van der Waals surface area contributed by atoms with Crippen LogP contribution < -0.4 is 15.9 Å². The number of hydrogen-bond donors (Lipinski definition) is 0. The fourth-order valence-electron chi connectivity index (χ4n) is 6.75. The lowest BCUT2D eigenvalue weighted by Crippen LogP contribution is -2.34. The average molecular weight is 627 g/mol. The zero-order chi connectivity index (χ0) is 30.7. The number of rotatable bonds is 5. The Morgan fingerprint density at radius 2 is 1.11 bits per heavy atom. The third-order valence-corrected chi connectivity index (χ3v) is 13.2. The van der Waals surface area contributed by atoms with Crippen molar-refractivity contribution in [1.82, 2.24) is 9.55 Å². The van der Waals surface area contributed by atoms with Gasteiger partial charge in [0.2, 0.25) is 0 Å². The molecule has 0 saturated heterocycles. The SMILES string of the molecule is O=P1(c2ccccc2)c2c(-c3ccc(-c4ccc(-c5ccccc5)s4)cc3)cccc2-n2c(-c3ccccc3)nc3cccc1c32. The smallest absolute Gasteiger partial charge is 0.175 e. The van der Waals surface area contributed by atoms with Crippen LogP contribution in [0.25, 0.3) is 60.1 Å². The second-order valence-corrected chi connectivity index (χ2v) is 15.3. The fourth-order valence-corrected chi connectivity index (χ4v) is 11.0. The molecule has 3 nitrogen and oxygen atoms in total. The molecule has 1 aliphatic heterocycles. The van der Waals surface area contributed by atoms with Gasteiger partial charge < -0.3 is 4.57 Å². The molecule has 0 radical (unpaired) electrons. The highest BCUT2D eigenvalue weighted by molar-refractivity contribution is 7.86. The van der Waals surface area contributed by atoms with E-state index in [1.54, 1.807) is 11.3 Å². The Balaban J connectivity index is 1.26. The van der Waals surface area contributed by atoms with E-state index in [9.17, 15) is 0 Å². The molecule has 1 unspecified atom stereocenters. The fraction of sp³-hybridized carbons (Fsp3) is 0. The Morgan fingerprint density at radius 1 is 0.522 bits per heavy atom. The van der Waals surface area contributed by atoms with Gasteiger partial charge in [-0.2, -0.15) is 0 Å². The van der Waals surface area contributed by atoms with E-state index >= 15 is 4.57 Å². The highest BCUT2D eigenvalue weighted by Crippen LogP contribution is 2.52. The van der Waals surface area contributed by atoms with Crippen molar-refractivity contribution in [3.05, 3.63) is 164 Å². The molecule has 0 saturated carbocycles. The van der Waals surface area contributed by atoms with E-state index < -0.39 is 7.14 Å². The van der Waals surface area contributed by atoms with Gasteiger partial charge in [-0.05, 0) is 52.6 Å². The average Bonchev–Trinajstić information content (AvgIpc) is 3.78. The maximum atomic E-state index is 16.0. The molecule has 0 N–H and O–H groups in total.